The first-order valence-electron chi connectivity index (χ1n) is 14.0. The predicted molar refractivity (Wildman–Crippen MR) is 173 cm³/mol. The number of nitrogens with one attached hydrogen (secondary N) is 1. The first-order chi connectivity index (χ1) is 20.9. The molecule has 0 aliphatic carbocycles. The van der Waals surface area contributed by atoms with Gasteiger partial charge < -0.3 is 19.5 Å². The molecule has 4 rings (SSSR count). The summed E-state index contributed by atoms with van der Waals surface area (Å²) in [4.78, 5) is 39.3. The van der Waals surface area contributed by atoms with Crippen LogP contribution in [-0.4, -0.2) is 47.3 Å². The second-order valence-electron chi connectivity index (χ2n) is 9.67. The summed E-state index contributed by atoms with van der Waals surface area (Å²) in [6, 6.07) is 22.0. The van der Waals surface area contributed by atoms with Crippen molar-refractivity contribution in [2.45, 2.75) is 39.2 Å². The minimum Gasteiger partial charge on any atom is -0.493 e. The van der Waals surface area contributed by atoms with Gasteiger partial charge in [0.05, 0.1) is 24.2 Å². The van der Waals surface area contributed by atoms with Crippen molar-refractivity contribution >= 4 is 57.8 Å². The van der Waals surface area contributed by atoms with Crippen LogP contribution in [0.3, 0.4) is 0 Å². The van der Waals surface area contributed by atoms with E-state index in [4.69, 9.17) is 26.4 Å². The minimum atomic E-state index is -0.392. The van der Waals surface area contributed by atoms with Gasteiger partial charge in [-0.3, -0.25) is 14.5 Å². The van der Waals surface area contributed by atoms with Crippen LogP contribution in [-0.2, 0) is 20.9 Å². The molecular formula is C33H34N2O6S2. The van der Waals surface area contributed by atoms with Crippen LogP contribution in [0.25, 0.3) is 6.08 Å². The predicted octanol–water partition coefficient (Wildman–Crippen LogP) is 6.85. The number of carbonyl (C=O) groups excluding carboxylic acids is 3. The molecule has 0 radical (unpaired) electrons. The topological polar surface area (TPSA) is 94.2 Å². The number of methoxy groups -OCH3 is 1. The third kappa shape index (κ3) is 9.17. The van der Waals surface area contributed by atoms with E-state index in [9.17, 15) is 14.4 Å². The molecule has 0 bridgehead atoms. The molecule has 1 aliphatic heterocycles. The van der Waals surface area contributed by atoms with Gasteiger partial charge in [-0.25, -0.2) is 4.79 Å². The highest BCUT2D eigenvalue weighted by Crippen LogP contribution is 2.35. The third-order valence-electron chi connectivity index (χ3n) is 6.56. The van der Waals surface area contributed by atoms with E-state index in [1.54, 1.807) is 43.2 Å². The Morgan fingerprint density at radius 2 is 1.74 bits per heavy atom. The number of nitrogens with zero attached hydrogens (tertiary/aromatic N) is 1. The van der Waals surface area contributed by atoms with Crippen LogP contribution >= 0.6 is 24.0 Å². The fraction of sp³-hybridized carbons (Fsp3) is 0.273. The van der Waals surface area contributed by atoms with Crippen molar-refractivity contribution in [1.82, 2.24) is 4.90 Å². The molecule has 1 fully saturated rings. The van der Waals surface area contributed by atoms with Crippen LogP contribution in [0.5, 0.6) is 11.5 Å². The van der Waals surface area contributed by atoms with E-state index in [2.05, 4.69) is 5.32 Å². The van der Waals surface area contributed by atoms with Crippen molar-refractivity contribution in [3.8, 4) is 11.5 Å². The number of rotatable bonds is 14. The summed E-state index contributed by atoms with van der Waals surface area (Å²) in [7, 11) is 1.59. The SMILES string of the molecule is CCOC(=O)c1ccc(NC(=O)CCCCCN2C(=O)/C(=C/c3ccc(OCc4ccccc4)c(OC)c3)SC2=S)cc1. The van der Waals surface area contributed by atoms with E-state index in [-0.39, 0.29) is 11.8 Å². The molecule has 0 aromatic heterocycles. The maximum absolute atomic E-state index is 13.1. The number of anilines is 1. The fourth-order valence-corrected chi connectivity index (χ4v) is 5.64. The molecule has 224 valence electrons. The first-order valence-corrected chi connectivity index (χ1v) is 15.3. The van der Waals surface area contributed by atoms with Gasteiger partial charge in [-0.1, -0.05) is 66.8 Å². The van der Waals surface area contributed by atoms with Crippen molar-refractivity contribution < 1.29 is 28.6 Å². The van der Waals surface area contributed by atoms with Gasteiger partial charge in [0.25, 0.3) is 5.91 Å². The Balaban J connectivity index is 1.22. The summed E-state index contributed by atoms with van der Waals surface area (Å²) in [6.07, 6.45) is 4.34. The van der Waals surface area contributed by atoms with Crippen LogP contribution in [0.1, 0.15) is 54.1 Å². The molecule has 2 amide bonds. The lowest BCUT2D eigenvalue weighted by molar-refractivity contribution is -0.122. The summed E-state index contributed by atoms with van der Waals surface area (Å²) in [5.41, 5.74) is 2.92. The number of hydrogen-bond donors (Lipinski definition) is 1. The minimum absolute atomic E-state index is 0.107. The first kappa shape index (κ1) is 31.8. The Hall–Kier alpha value is -4.15. The van der Waals surface area contributed by atoms with E-state index in [1.165, 1.54) is 11.8 Å². The summed E-state index contributed by atoms with van der Waals surface area (Å²) >= 11 is 6.76. The number of benzene rings is 3. The highest BCUT2D eigenvalue weighted by molar-refractivity contribution is 8.26. The third-order valence-corrected chi connectivity index (χ3v) is 7.94. The number of carbonyl (C=O) groups is 3. The highest BCUT2D eigenvalue weighted by Gasteiger charge is 2.31. The van der Waals surface area contributed by atoms with Gasteiger partial charge >= 0.3 is 5.97 Å². The van der Waals surface area contributed by atoms with E-state index >= 15 is 0 Å². The number of esters is 1. The quantitative estimate of drug-likeness (QED) is 0.0908. The number of thioether (sulfide) groups is 1. The molecule has 0 spiro atoms. The van der Waals surface area contributed by atoms with Crippen LogP contribution in [0, 0.1) is 0 Å². The zero-order valence-corrected chi connectivity index (χ0v) is 25.8. The van der Waals surface area contributed by atoms with Crippen molar-refractivity contribution in [2.75, 3.05) is 25.6 Å². The maximum atomic E-state index is 13.1. The Bertz CT molecular complexity index is 1470. The standard InChI is InChI=1S/C33H34N2O6S2/c1-3-40-32(38)25-14-16-26(17-15-25)34-30(36)12-8-5-9-19-35-31(37)29(43-33(35)42)21-24-13-18-27(28(20-24)39-2)41-22-23-10-6-4-7-11-23/h4,6-7,10-11,13-18,20-21H,3,5,8-9,12,19,22H2,1-2H3,(H,34,36)/b29-21-. The smallest absolute Gasteiger partial charge is 0.338 e. The van der Waals surface area contributed by atoms with Crippen LogP contribution < -0.4 is 14.8 Å². The number of ether oxygens (including phenoxy) is 3. The van der Waals surface area contributed by atoms with E-state index in [0.29, 0.717) is 64.6 Å². The largest absolute Gasteiger partial charge is 0.493 e. The number of amides is 2. The lowest BCUT2D eigenvalue weighted by atomic mass is 10.1. The lowest BCUT2D eigenvalue weighted by Crippen LogP contribution is -2.29. The molecule has 1 saturated heterocycles. The Labute approximate surface area is 261 Å². The lowest BCUT2D eigenvalue weighted by Gasteiger charge is -2.14. The summed E-state index contributed by atoms with van der Waals surface area (Å²) in [5, 5.41) is 2.84. The Morgan fingerprint density at radius 3 is 2.47 bits per heavy atom. The van der Waals surface area contributed by atoms with Crippen LogP contribution in [0.4, 0.5) is 5.69 Å². The summed E-state index contributed by atoms with van der Waals surface area (Å²) in [5.74, 6) is 0.581. The van der Waals surface area contributed by atoms with Gasteiger partial charge in [0, 0.05) is 18.7 Å². The van der Waals surface area contributed by atoms with Crippen molar-refractivity contribution in [3.63, 3.8) is 0 Å². The van der Waals surface area contributed by atoms with Gasteiger partial charge in [0.2, 0.25) is 5.91 Å². The molecule has 1 N–H and O–H groups in total. The molecule has 1 aliphatic rings. The van der Waals surface area contributed by atoms with Gasteiger partial charge in [-0.15, -0.1) is 0 Å². The van der Waals surface area contributed by atoms with Gasteiger partial charge in [0.15, 0.2) is 11.5 Å². The molecule has 3 aromatic carbocycles. The van der Waals surface area contributed by atoms with Crippen molar-refractivity contribution in [2.24, 2.45) is 0 Å². The van der Waals surface area contributed by atoms with E-state index < -0.39 is 5.97 Å². The number of unbranched alkanes of at least 4 members (excludes halogenated alkanes) is 2. The second-order valence-corrected chi connectivity index (χ2v) is 11.4. The molecule has 43 heavy (non-hydrogen) atoms. The molecule has 10 heteroatoms. The summed E-state index contributed by atoms with van der Waals surface area (Å²) < 4.78 is 17.0. The number of hydrogen-bond acceptors (Lipinski definition) is 8. The molecule has 0 saturated carbocycles. The fourth-order valence-electron chi connectivity index (χ4n) is 4.33. The Kier molecular flexibility index (Phi) is 11.8. The van der Waals surface area contributed by atoms with Gasteiger partial charge in [-0.05, 0) is 73.4 Å². The molecule has 8 nitrogen and oxygen atoms in total. The summed E-state index contributed by atoms with van der Waals surface area (Å²) in [6.45, 7) is 2.98. The molecule has 3 aromatic rings. The molecule has 1 heterocycles. The maximum Gasteiger partial charge on any atom is 0.338 e. The van der Waals surface area contributed by atoms with Crippen molar-refractivity contribution in [1.29, 1.82) is 0 Å². The van der Waals surface area contributed by atoms with E-state index in [1.807, 2.05) is 54.6 Å². The zero-order chi connectivity index (χ0) is 30.6. The van der Waals surface area contributed by atoms with E-state index in [0.717, 1.165) is 24.0 Å². The highest BCUT2D eigenvalue weighted by atomic mass is 32.2. The number of thiocarbonyl (C=S) groups is 1. The molecule has 0 atom stereocenters. The zero-order valence-electron chi connectivity index (χ0n) is 24.2. The second kappa shape index (κ2) is 15.9. The Morgan fingerprint density at radius 1 is 0.977 bits per heavy atom. The van der Waals surface area contributed by atoms with Crippen LogP contribution in [0.15, 0.2) is 77.7 Å². The van der Waals surface area contributed by atoms with Crippen molar-refractivity contribution in [3.05, 3.63) is 94.4 Å². The monoisotopic (exact) mass is 618 g/mol. The average Bonchev–Trinajstić information content (AvgIpc) is 3.28. The molecule has 0 unspecified atom stereocenters. The average molecular weight is 619 g/mol. The molecular weight excluding hydrogens is 585 g/mol. The van der Waals surface area contributed by atoms with Gasteiger partial charge in [-0.2, -0.15) is 0 Å². The van der Waals surface area contributed by atoms with Crippen LogP contribution in [0.2, 0.25) is 0 Å². The normalized spacial score (nSPS) is 13.7. The van der Waals surface area contributed by atoms with Gasteiger partial charge in [0.1, 0.15) is 10.9 Å².